The molecular formula is C12H16N2O. The van der Waals surface area contributed by atoms with Gasteiger partial charge < -0.3 is 0 Å². The van der Waals surface area contributed by atoms with Crippen LogP contribution in [0.5, 0.6) is 0 Å². The monoisotopic (exact) mass is 204 g/mol. The molecule has 3 nitrogen and oxygen atoms in total. The van der Waals surface area contributed by atoms with Crippen molar-refractivity contribution in [2.45, 2.75) is 45.4 Å². The normalized spacial score (nSPS) is 23.4. The predicted octanol–water partition coefficient (Wildman–Crippen LogP) is 2.41. The number of aryl methyl sites for hydroxylation is 2. The molecule has 0 atom stereocenters. The molecule has 2 aliphatic carbocycles. The van der Waals surface area contributed by atoms with Gasteiger partial charge in [0.25, 0.3) is 0 Å². The fraction of sp³-hybridized carbons (Fsp3) is 0.667. The maximum atomic E-state index is 12.5. The minimum Gasteiger partial charge on any atom is -0.293 e. The first kappa shape index (κ1) is 9.13. The van der Waals surface area contributed by atoms with Crippen LogP contribution in [0.2, 0.25) is 0 Å². The first-order chi connectivity index (χ1) is 7.23. The van der Waals surface area contributed by atoms with Crippen molar-refractivity contribution in [2.75, 3.05) is 0 Å². The Bertz CT molecular complexity index is 413. The number of Topliss-reactive ketones (excluding diaryl/α,β-unsaturated/α-hetero) is 1. The van der Waals surface area contributed by atoms with Gasteiger partial charge in [0.15, 0.2) is 5.78 Å². The Balaban J connectivity index is 2.08. The Kier molecular flexibility index (Phi) is 1.79. The van der Waals surface area contributed by atoms with Gasteiger partial charge in [-0.15, -0.1) is 0 Å². The molecule has 3 heteroatoms. The summed E-state index contributed by atoms with van der Waals surface area (Å²) >= 11 is 0. The van der Waals surface area contributed by atoms with Crippen molar-refractivity contribution >= 4 is 5.78 Å². The second-order valence-corrected chi connectivity index (χ2v) is 4.99. The van der Waals surface area contributed by atoms with Crippen LogP contribution >= 0.6 is 0 Å². The van der Waals surface area contributed by atoms with E-state index in [0.717, 1.165) is 42.6 Å². The van der Waals surface area contributed by atoms with Crippen LogP contribution in [0, 0.1) is 12.3 Å². The van der Waals surface area contributed by atoms with E-state index in [9.17, 15) is 4.79 Å². The Morgan fingerprint density at radius 1 is 1.27 bits per heavy atom. The smallest absolute Gasteiger partial charge is 0.172 e. The molecular weight excluding hydrogens is 188 g/mol. The van der Waals surface area contributed by atoms with Crippen LogP contribution in [0.25, 0.3) is 0 Å². The van der Waals surface area contributed by atoms with Crippen molar-refractivity contribution in [3.8, 4) is 0 Å². The maximum Gasteiger partial charge on any atom is 0.172 e. The topological polar surface area (TPSA) is 45.8 Å². The number of carbonyl (C=O) groups excluding carboxylic acids is 1. The highest BCUT2D eigenvalue weighted by Crippen LogP contribution is 2.47. The van der Waals surface area contributed by atoms with Gasteiger partial charge in [0.2, 0.25) is 0 Å². The van der Waals surface area contributed by atoms with E-state index in [0.29, 0.717) is 5.78 Å². The number of fused-ring (bicyclic) bond motifs is 1. The third kappa shape index (κ3) is 1.12. The molecule has 15 heavy (non-hydrogen) atoms. The summed E-state index contributed by atoms with van der Waals surface area (Å²) in [6.07, 6.45) is 6.62. The number of hydrogen-bond acceptors (Lipinski definition) is 2. The Hall–Kier alpha value is -1.12. The number of hydrogen-bond donors (Lipinski definition) is 1. The van der Waals surface area contributed by atoms with E-state index in [1.165, 1.54) is 12.8 Å². The lowest BCUT2D eigenvalue weighted by atomic mass is 9.70. The van der Waals surface area contributed by atoms with Crippen molar-refractivity contribution in [3.05, 3.63) is 17.0 Å². The van der Waals surface area contributed by atoms with Gasteiger partial charge in [-0.1, -0.05) is 12.8 Å². The van der Waals surface area contributed by atoms with Crippen LogP contribution in [-0.4, -0.2) is 16.0 Å². The van der Waals surface area contributed by atoms with E-state index in [1.807, 2.05) is 6.92 Å². The van der Waals surface area contributed by atoms with Crippen molar-refractivity contribution in [2.24, 2.45) is 5.41 Å². The average Bonchev–Trinajstić information content (AvgIpc) is 2.81. The summed E-state index contributed by atoms with van der Waals surface area (Å²) in [5.41, 5.74) is 2.85. The molecule has 0 aliphatic heterocycles. The molecule has 0 saturated heterocycles. The highest BCUT2D eigenvalue weighted by Gasteiger charge is 2.45. The van der Waals surface area contributed by atoms with Gasteiger partial charge in [0.1, 0.15) is 0 Å². The zero-order valence-corrected chi connectivity index (χ0v) is 9.10. The fourth-order valence-corrected chi connectivity index (χ4v) is 3.23. The van der Waals surface area contributed by atoms with E-state index in [1.54, 1.807) is 0 Å². The van der Waals surface area contributed by atoms with E-state index in [-0.39, 0.29) is 5.41 Å². The molecule has 1 aromatic rings. The van der Waals surface area contributed by atoms with Crippen molar-refractivity contribution < 1.29 is 4.79 Å². The summed E-state index contributed by atoms with van der Waals surface area (Å²) in [4.78, 5) is 12.5. The molecule has 0 unspecified atom stereocenters. The summed E-state index contributed by atoms with van der Waals surface area (Å²) in [6.45, 7) is 1.96. The Labute approximate surface area is 89.3 Å². The number of H-pyrrole nitrogens is 1. The summed E-state index contributed by atoms with van der Waals surface area (Å²) < 4.78 is 0. The van der Waals surface area contributed by atoms with Gasteiger partial charge in [0.05, 0.1) is 11.3 Å². The summed E-state index contributed by atoms with van der Waals surface area (Å²) in [7, 11) is 0. The van der Waals surface area contributed by atoms with Crippen LogP contribution in [-0.2, 0) is 6.42 Å². The molecule has 1 aromatic heterocycles. The SMILES string of the molecule is Cc1[nH]nc2c1C(=O)C1(CCCC1)CC2. The van der Waals surface area contributed by atoms with Crippen LogP contribution in [0.3, 0.4) is 0 Å². The van der Waals surface area contributed by atoms with Gasteiger partial charge in [-0.05, 0) is 32.6 Å². The molecule has 1 fully saturated rings. The van der Waals surface area contributed by atoms with Crippen molar-refractivity contribution in [3.63, 3.8) is 0 Å². The molecule has 1 spiro atoms. The first-order valence-corrected chi connectivity index (χ1v) is 5.82. The van der Waals surface area contributed by atoms with Gasteiger partial charge in [-0.25, -0.2) is 0 Å². The molecule has 3 rings (SSSR count). The van der Waals surface area contributed by atoms with Gasteiger partial charge in [-0.3, -0.25) is 9.89 Å². The van der Waals surface area contributed by atoms with Crippen LogP contribution < -0.4 is 0 Å². The standard InChI is InChI=1S/C12H16N2O/c1-8-10-9(14-13-8)4-7-12(11(10)15)5-2-3-6-12/h2-7H2,1H3,(H,13,14). The van der Waals surface area contributed by atoms with Gasteiger partial charge in [0, 0.05) is 11.1 Å². The van der Waals surface area contributed by atoms with Crippen molar-refractivity contribution in [1.82, 2.24) is 10.2 Å². The number of carbonyl (C=O) groups is 1. The van der Waals surface area contributed by atoms with Gasteiger partial charge in [-0.2, -0.15) is 5.10 Å². The average molecular weight is 204 g/mol. The predicted molar refractivity (Wildman–Crippen MR) is 56.9 cm³/mol. The second kappa shape index (κ2) is 2.94. The molecule has 1 N–H and O–H groups in total. The molecule has 0 bridgehead atoms. The quantitative estimate of drug-likeness (QED) is 0.705. The molecule has 0 aromatic carbocycles. The summed E-state index contributed by atoms with van der Waals surface area (Å²) in [6, 6.07) is 0. The molecule has 2 aliphatic rings. The highest BCUT2D eigenvalue weighted by molar-refractivity contribution is 6.03. The second-order valence-electron chi connectivity index (χ2n) is 4.99. The van der Waals surface area contributed by atoms with E-state index < -0.39 is 0 Å². The first-order valence-electron chi connectivity index (χ1n) is 5.82. The minimum absolute atomic E-state index is 0.0123. The van der Waals surface area contributed by atoms with E-state index in [2.05, 4.69) is 10.2 Å². The molecule has 1 saturated carbocycles. The van der Waals surface area contributed by atoms with Crippen LogP contribution in [0.4, 0.5) is 0 Å². The maximum absolute atomic E-state index is 12.5. The largest absolute Gasteiger partial charge is 0.293 e. The fourth-order valence-electron chi connectivity index (χ4n) is 3.23. The lowest BCUT2D eigenvalue weighted by molar-refractivity contribution is 0.0764. The lowest BCUT2D eigenvalue weighted by Gasteiger charge is -2.31. The van der Waals surface area contributed by atoms with Crippen LogP contribution in [0.15, 0.2) is 0 Å². The molecule has 80 valence electrons. The lowest BCUT2D eigenvalue weighted by Crippen LogP contribution is -2.33. The molecule has 1 heterocycles. The van der Waals surface area contributed by atoms with Crippen LogP contribution in [0.1, 0.15) is 53.8 Å². The minimum atomic E-state index is -0.0123. The third-order valence-electron chi connectivity index (χ3n) is 4.13. The zero-order valence-electron chi connectivity index (χ0n) is 9.10. The summed E-state index contributed by atoms with van der Waals surface area (Å²) in [5, 5.41) is 7.16. The van der Waals surface area contributed by atoms with E-state index in [4.69, 9.17) is 0 Å². The van der Waals surface area contributed by atoms with Gasteiger partial charge >= 0.3 is 0 Å². The molecule has 0 radical (unpaired) electrons. The Morgan fingerprint density at radius 2 is 2.00 bits per heavy atom. The number of aromatic amines is 1. The van der Waals surface area contributed by atoms with E-state index >= 15 is 0 Å². The summed E-state index contributed by atoms with van der Waals surface area (Å²) in [5.74, 6) is 0.368. The number of nitrogens with one attached hydrogen (secondary N) is 1. The number of nitrogens with zero attached hydrogens (tertiary/aromatic N) is 1. The molecule has 0 amide bonds. The zero-order chi connectivity index (χ0) is 10.5. The number of ketones is 1. The highest BCUT2D eigenvalue weighted by atomic mass is 16.1. The Morgan fingerprint density at radius 3 is 2.73 bits per heavy atom. The third-order valence-corrected chi connectivity index (χ3v) is 4.13. The number of rotatable bonds is 0. The van der Waals surface area contributed by atoms with Crippen molar-refractivity contribution in [1.29, 1.82) is 0 Å². The number of aromatic nitrogens is 2.